The summed E-state index contributed by atoms with van der Waals surface area (Å²) in [4.78, 5) is 24.1. The molecule has 6 heteroatoms. The second-order valence-electron chi connectivity index (χ2n) is 4.40. The highest BCUT2D eigenvalue weighted by Gasteiger charge is 2.09. The standard InChI is InChI=1S/C16H15NO4S/c1-2-21-16(20)10-3-6-12(7-4-10)22-14-8-5-11(15(18)19)9-13(14)17/h3-9H,2,17H2,1H3,(H,18,19). The van der Waals surface area contributed by atoms with Crippen molar-refractivity contribution in [1.29, 1.82) is 0 Å². The van der Waals surface area contributed by atoms with Gasteiger partial charge in [0.05, 0.1) is 17.7 Å². The van der Waals surface area contributed by atoms with Gasteiger partial charge in [0.1, 0.15) is 0 Å². The van der Waals surface area contributed by atoms with Gasteiger partial charge in [-0.1, -0.05) is 11.8 Å². The number of esters is 1. The SMILES string of the molecule is CCOC(=O)c1ccc(Sc2ccc(C(=O)O)cc2N)cc1. The van der Waals surface area contributed by atoms with Gasteiger partial charge >= 0.3 is 11.9 Å². The molecular formula is C16H15NO4S. The molecule has 0 radical (unpaired) electrons. The van der Waals surface area contributed by atoms with Crippen LogP contribution in [0.4, 0.5) is 5.69 Å². The lowest BCUT2D eigenvalue weighted by atomic mass is 10.2. The number of aromatic carboxylic acids is 1. The predicted molar refractivity (Wildman–Crippen MR) is 84.3 cm³/mol. The number of ether oxygens (including phenoxy) is 1. The summed E-state index contributed by atoms with van der Waals surface area (Å²) in [6.45, 7) is 2.09. The molecule has 22 heavy (non-hydrogen) atoms. The quantitative estimate of drug-likeness (QED) is 0.649. The van der Waals surface area contributed by atoms with Gasteiger partial charge < -0.3 is 15.6 Å². The minimum Gasteiger partial charge on any atom is -0.478 e. The number of nitrogen functional groups attached to an aromatic ring is 1. The number of carbonyl (C=O) groups is 2. The van der Waals surface area contributed by atoms with Gasteiger partial charge in [-0.25, -0.2) is 9.59 Å². The minimum absolute atomic E-state index is 0.152. The lowest BCUT2D eigenvalue weighted by Crippen LogP contribution is -2.03. The van der Waals surface area contributed by atoms with E-state index >= 15 is 0 Å². The first-order valence-corrected chi connectivity index (χ1v) is 7.40. The molecule has 0 aliphatic rings. The molecule has 0 aliphatic heterocycles. The summed E-state index contributed by atoms with van der Waals surface area (Å²) in [5.41, 5.74) is 6.91. The molecule has 0 atom stereocenters. The van der Waals surface area contributed by atoms with Crippen LogP contribution in [-0.4, -0.2) is 23.7 Å². The van der Waals surface area contributed by atoms with Crippen molar-refractivity contribution in [3.8, 4) is 0 Å². The number of hydrogen-bond acceptors (Lipinski definition) is 5. The molecule has 0 fully saturated rings. The van der Waals surface area contributed by atoms with Crippen molar-refractivity contribution < 1.29 is 19.4 Å². The number of carboxylic acid groups (broad SMARTS) is 1. The van der Waals surface area contributed by atoms with Gasteiger partial charge in [0.25, 0.3) is 0 Å². The third-order valence-electron chi connectivity index (χ3n) is 2.85. The van der Waals surface area contributed by atoms with Crippen molar-refractivity contribution in [2.45, 2.75) is 16.7 Å². The van der Waals surface area contributed by atoms with Crippen molar-refractivity contribution in [3.63, 3.8) is 0 Å². The number of benzene rings is 2. The monoisotopic (exact) mass is 317 g/mol. The molecule has 0 saturated heterocycles. The third kappa shape index (κ3) is 3.79. The first-order chi connectivity index (χ1) is 10.5. The Morgan fingerprint density at radius 1 is 1.14 bits per heavy atom. The van der Waals surface area contributed by atoms with E-state index < -0.39 is 5.97 Å². The maximum Gasteiger partial charge on any atom is 0.338 e. The molecule has 5 nitrogen and oxygen atoms in total. The van der Waals surface area contributed by atoms with E-state index in [1.807, 2.05) is 0 Å². The first kappa shape index (κ1) is 15.9. The maximum absolute atomic E-state index is 11.6. The second-order valence-corrected chi connectivity index (χ2v) is 5.52. The molecular weight excluding hydrogens is 302 g/mol. The molecule has 0 saturated carbocycles. The zero-order valence-electron chi connectivity index (χ0n) is 11.9. The van der Waals surface area contributed by atoms with E-state index in [1.54, 1.807) is 37.3 Å². The van der Waals surface area contributed by atoms with Crippen molar-refractivity contribution in [3.05, 3.63) is 53.6 Å². The van der Waals surface area contributed by atoms with E-state index in [0.717, 1.165) is 9.79 Å². The number of anilines is 1. The normalized spacial score (nSPS) is 10.2. The van der Waals surface area contributed by atoms with E-state index in [-0.39, 0.29) is 11.5 Å². The van der Waals surface area contributed by atoms with E-state index in [9.17, 15) is 9.59 Å². The van der Waals surface area contributed by atoms with Gasteiger partial charge in [0, 0.05) is 15.5 Å². The van der Waals surface area contributed by atoms with Crippen LogP contribution < -0.4 is 5.73 Å². The molecule has 0 aliphatic carbocycles. The molecule has 0 amide bonds. The number of hydrogen-bond donors (Lipinski definition) is 2. The number of carboxylic acids is 1. The van der Waals surface area contributed by atoms with Gasteiger partial charge in [-0.3, -0.25) is 0 Å². The molecule has 0 aromatic heterocycles. The van der Waals surface area contributed by atoms with Crippen molar-refractivity contribution in [1.82, 2.24) is 0 Å². The minimum atomic E-state index is -1.01. The van der Waals surface area contributed by atoms with E-state index in [0.29, 0.717) is 17.9 Å². The zero-order chi connectivity index (χ0) is 16.1. The fourth-order valence-corrected chi connectivity index (χ4v) is 2.61. The van der Waals surface area contributed by atoms with Crippen LogP contribution >= 0.6 is 11.8 Å². The molecule has 114 valence electrons. The Hall–Kier alpha value is -2.47. The predicted octanol–water partition coefficient (Wildman–Crippen LogP) is 3.29. The van der Waals surface area contributed by atoms with Crippen LogP contribution in [0.5, 0.6) is 0 Å². The van der Waals surface area contributed by atoms with Crippen molar-refractivity contribution in [2.24, 2.45) is 0 Å². The highest BCUT2D eigenvalue weighted by atomic mass is 32.2. The molecule has 2 aromatic rings. The van der Waals surface area contributed by atoms with Crippen LogP contribution in [0.25, 0.3) is 0 Å². The summed E-state index contributed by atoms with van der Waals surface area (Å²) in [6, 6.07) is 11.6. The van der Waals surface area contributed by atoms with Gasteiger partial charge in [0.15, 0.2) is 0 Å². The topological polar surface area (TPSA) is 89.6 Å². The Morgan fingerprint density at radius 3 is 2.32 bits per heavy atom. The van der Waals surface area contributed by atoms with Crippen LogP contribution in [0.15, 0.2) is 52.3 Å². The number of rotatable bonds is 5. The molecule has 0 heterocycles. The Morgan fingerprint density at radius 2 is 1.77 bits per heavy atom. The molecule has 0 spiro atoms. The van der Waals surface area contributed by atoms with Crippen LogP contribution in [0.1, 0.15) is 27.6 Å². The molecule has 2 rings (SSSR count). The molecule has 3 N–H and O–H groups in total. The van der Waals surface area contributed by atoms with Crippen LogP contribution in [0.2, 0.25) is 0 Å². The van der Waals surface area contributed by atoms with Gasteiger partial charge in [0.2, 0.25) is 0 Å². The van der Waals surface area contributed by atoms with Crippen LogP contribution in [-0.2, 0) is 4.74 Å². The summed E-state index contributed by atoms with van der Waals surface area (Å²) in [5, 5.41) is 8.91. The zero-order valence-corrected chi connectivity index (χ0v) is 12.7. The smallest absolute Gasteiger partial charge is 0.338 e. The Labute approximate surface area is 132 Å². The number of carbonyl (C=O) groups excluding carboxylic acids is 1. The van der Waals surface area contributed by atoms with Crippen LogP contribution in [0, 0.1) is 0 Å². The van der Waals surface area contributed by atoms with E-state index in [1.165, 1.54) is 23.9 Å². The molecule has 0 bridgehead atoms. The second kappa shape index (κ2) is 7.00. The lowest BCUT2D eigenvalue weighted by Gasteiger charge is -2.07. The first-order valence-electron chi connectivity index (χ1n) is 6.59. The van der Waals surface area contributed by atoms with E-state index in [2.05, 4.69) is 0 Å². The lowest BCUT2D eigenvalue weighted by molar-refractivity contribution is 0.0525. The van der Waals surface area contributed by atoms with Gasteiger partial charge in [-0.05, 0) is 49.4 Å². The van der Waals surface area contributed by atoms with Crippen LogP contribution in [0.3, 0.4) is 0 Å². The van der Waals surface area contributed by atoms with Gasteiger partial charge in [-0.2, -0.15) is 0 Å². The van der Waals surface area contributed by atoms with Gasteiger partial charge in [-0.15, -0.1) is 0 Å². The van der Waals surface area contributed by atoms with E-state index in [4.69, 9.17) is 15.6 Å². The molecule has 0 unspecified atom stereocenters. The highest BCUT2D eigenvalue weighted by molar-refractivity contribution is 7.99. The fourth-order valence-electron chi connectivity index (χ4n) is 1.77. The summed E-state index contributed by atoms with van der Waals surface area (Å²) in [6.07, 6.45) is 0. The Kier molecular flexibility index (Phi) is 5.06. The highest BCUT2D eigenvalue weighted by Crippen LogP contribution is 2.32. The summed E-state index contributed by atoms with van der Waals surface area (Å²) in [7, 11) is 0. The van der Waals surface area contributed by atoms with Crippen molar-refractivity contribution >= 4 is 29.4 Å². The Bertz CT molecular complexity index is 698. The largest absolute Gasteiger partial charge is 0.478 e. The summed E-state index contributed by atoms with van der Waals surface area (Å²) < 4.78 is 4.92. The van der Waals surface area contributed by atoms with Crippen molar-refractivity contribution in [2.75, 3.05) is 12.3 Å². The number of nitrogens with two attached hydrogens (primary N) is 1. The summed E-state index contributed by atoms with van der Waals surface area (Å²) >= 11 is 1.40. The molecule has 2 aromatic carbocycles. The Balaban J connectivity index is 2.14. The average molecular weight is 317 g/mol. The maximum atomic E-state index is 11.6. The summed E-state index contributed by atoms with van der Waals surface area (Å²) in [5.74, 6) is -1.37. The average Bonchev–Trinajstić information content (AvgIpc) is 2.50. The fraction of sp³-hybridized carbons (Fsp3) is 0.125. The third-order valence-corrected chi connectivity index (χ3v) is 3.95.